The average molecular weight is 451 g/mol. The van der Waals surface area contributed by atoms with Crippen LogP contribution in [0.15, 0.2) is 30.3 Å². The van der Waals surface area contributed by atoms with E-state index < -0.39 is 22.9 Å². The number of carbonyl (C=O) groups excluding carboxylic acids is 2. The molecule has 1 atom stereocenters. The number of benzene rings is 2. The van der Waals surface area contributed by atoms with E-state index in [0.717, 1.165) is 0 Å². The molecule has 1 aliphatic heterocycles. The number of nitro groups is 1. The number of halogens is 1. The highest BCUT2D eigenvalue weighted by Gasteiger charge is 2.25. The topological polar surface area (TPSA) is 126 Å². The summed E-state index contributed by atoms with van der Waals surface area (Å²) < 4.78 is 21.2. The number of nitrogens with one attached hydrogen (secondary N) is 1. The first-order chi connectivity index (χ1) is 14.8. The van der Waals surface area contributed by atoms with Crippen molar-refractivity contribution >= 4 is 34.9 Å². The predicted molar refractivity (Wildman–Crippen MR) is 110 cm³/mol. The number of ether oxygens (including phenoxy) is 4. The monoisotopic (exact) mass is 450 g/mol. The molecule has 164 valence electrons. The van der Waals surface area contributed by atoms with Gasteiger partial charge in [0.05, 0.1) is 41.9 Å². The summed E-state index contributed by atoms with van der Waals surface area (Å²) >= 11 is 6.18. The maximum absolute atomic E-state index is 12.5. The van der Waals surface area contributed by atoms with Gasteiger partial charge in [-0.2, -0.15) is 0 Å². The van der Waals surface area contributed by atoms with Crippen molar-refractivity contribution in [3.05, 3.63) is 51.0 Å². The zero-order valence-corrected chi connectivity index (χ0v) is 17.4. The fourth-order valence-corrected chi connectivity index (χ4v) is 3.03. The van der Waals surface area contributed by atoms with Crippen LogP contribution in [-0.2, 0) is 9.53 Å². The number of methoxy groups -OCH3 is 1. The highest BCUT2D eigenvalue weighted by Crippen LogP contribution is 2.38. The van der Waals surface area contributed by atoms with Crippen LogP contribution < -0.4 is 19.5 Å². The summed E-state index contributed by atoms with van der Waals surface area (Å²) in [5.74, 6) is -0.654. The number of amides is 1. The number of hydrogen-bond acceptors (Lipinski definition) is 8. The number of rotatable bonds is 6. The van der Waals surface area contributed by atoms with E-state index in [1.165, 1.54) is 44.4 Å². The first-order valence-corrected chi connectivity index (χ1v) is 9.61. The van der Waals surface area contributed by atoms with Crippen LogP contribution in [-0.4, -0.2) is 43.2 Å². The Morgan fingerprint density at radius 3 is 2.68 bits per heavy atom. The van der Waals surface area contributed by atoms with Gasteiger partial charge in [-0.05, 0) is 31.2 Å². The molecule has 0 aliphatic carbocycles. The molecular weight excluding hydrogens is 432 g/mol. The number of esters is 1. The minimum atomic E-state index is -1.25. The molecule has 0 radical (unpaired) electrons. The van der Waals surface area contributed by atoms with Gasteiger partial charge in [-0.1, -0.05) is 11.6 Å². The zero-order valence-electron chi connectivity index (χ0n) is 16.7. The lowest BCUT2D eigenvalue weighted by Crippen LogP contribution is -2.30. The molecule has 1 amide bonds. The Morgan fingerprint density at radius 1 is 1.23 bits per heavy atom. The highest BCUT2D eigenvalue weighted by molar-refractivity contribution is 6.32. The maximum atomic E-state index is 12.5. The molecule has 0 spiro atoms. The summed E-state index contributed by atoms with van der Waals surface area (Å²) in [4.78, 5) is 35.6. The number of nitro benzene ring substituents is 1. The van der Waals surface area contributed by atoms with Gasteiger partial charge in [-0.25, -0.2) is 4.79 Å². The molecule has 1 N–H and O–H groups in total. The first-order valence-electron chi connectivity index (χ1n) is 9.23. The normalized spacial score (nSPS) is 13.5. The van der Waals surface area contributed by atoms with E-state index in [1.54, 1.807) is 0 Å². The zero-order chi connectivity index (χ0) is 22.5. The van der Waals surface area contributed by atoms with E-state index in [1.807, 2.05) is 0 Å². The fraction of sp³-hybridized carbons (Fsp3) is 0.300. The molecule has 1 heterocycles. The van der Waals surface area contributed by atoms with Gasteiger partial charge < -0.3 is 24.3 Å². The van der Waals surface area contributed by atoms with Gasteiger partial charge in [0, 0.05) is 6.42 Å². The van der Waals surface area contributed by atoms with E-state index in [2.05, 4.69) is 5.32 Å². The van der Waals surface area contributed by atoms with E-state index in [9.17, 15) is 19.7 Å². The lowest BCUT2D eigenvalue weighted by molar-refractivity contribution is -0.384. The molecule has 3 rings (SSSR count). The third-order valence-electron chi connectivity index (χ3n) is 4.35. The molecule has 31 heavy (non-hydrogen) atoms. The Bertz CT molecular complexity index is 1030. The predicted octanol–water partition coefficient (Wildman–Crippen LogP) is 3.60. The Labute approximate surface area is 182 Å². The number of fused-ring (bicyclic) bond motifs is 1. The standard InChI is InChI=1S/C20H19ClN2O8/c1-11(19(24)22-15-5-4-13(28-2)10-16(15)23(26)27)31-20(25)12-8-14(21)18-17(9-12)29-6-3-7-30-18/h4-5,8-11H,3,6-7H2,1-2H3,(H,22,24). The van der Waals surface area contributed by atoms with Crippen molar-refractivity contribution in [1.29, 1.82) is 0 Å². The molecular formula is C20H19ClN2O8. The summed E-state index contributed by atoms with van der Waals surface area (Å²) in [6.07, 6.45) is -0.580. The molecule has 0 saturated heterocycles. The van der Waals surface area contributed by atoms with Crippen LogP contribution in [0, 0.1) is 10.1 Å². The van der Waals surface area contributed by atoms with Crippen LogP contribution in [0.4, 0.5) is 11.4 Å². The van der Waals surface area contributed by atoms with Crippen molar-refractivity contribution in [2.24, 2.45) is 0 Å². The van der Waals surface area contributed by atoms with Crippen molar-refractivity contribution in [2.45, 2.75) is 19.4 Å². The highest BCUT2D eigenvalue weighted by atomic mass is 35.5. The number of anilines is 1. The van der Waals surface area contributed by atoms with Crippen LogP contribution in [0.3, 0.4) is 0 Å². The van der Waals surface area contributed by atoms with Crippen molar-refractivity contribution < 1.29 is 33.5 Å². The molecule has 2 aromatic carbocycles. The SMILES string of the molecule is COc1ccc(NC(=O)C(C)OC(=O)c2cc(Cl)c3c(c2)OCCCO3)c([N+](=O)[O-])c1. The van der Waals surface area contributed by atoms with Gasteiger partial charge in [0.25, 0.3) is 11.6 Å². The summed E-state index contributed by atoms with van der Waals surface area (Å²) in [7, 11) is 1.37. The number of carbonyl (C=O) groups is 2. The van der Waals surface area contributed by atoms with Crippen LogP contribution in [0.1, 0.15) is 23.7 Å². The van der Waals surface area contributed by atoms with Crippen molar-refractivity contribution in [3.8, 4) is 17.2 Å². The first kappa shape index (κ1) is 22.2. The van der Waals surface area contributed by atoms with Gasteiger partial charge >= 0.3 is 5.97 Å². The van der Waals surface area contributed by atoms with Crippen molar-refractivity contribution in [1.82, 2.24) is 0 Å². The smallest absolute Gasteiger partial charge is 0.339 e. The lowest BCUT2D eigenvalue weighted by atomic mass is 10.2. The summed E-state index contributed by atoms with van der Waals surface area (Å²) in [6, 6.07) is 6.74. The van der Waals surface area contributed by atoms with E-state index in [-0.39, 0.29) is 27.7 Å². The quantitative estimate of drug-likeness (QED) is 0.402. The molecule has 0 bridgehead atoms. The van der Waals surface area contributed by atoms with Crippen molar-refractivity contribution in [2.75, 3.05) is 25.6 Å². The lowest BCUT2D eigenvalue weighted by Gasteiger charge is -2.15. The second kappa shape index (κ2) is 9.52. The van der Waals surface area contributed by atoms with E-state index >= 15 is 0 Å². The Hall–Kier alpha value is -3.53. The van der Waals surface area contributed by atoms with Crippen LogP contribution in [0.2, 0.25) is 5.02 Å². The van der Waals surface area contributed by atoms with Gasteiger partial charge in [0.2, 0.25) is 0 Å². The minimum absolute atomic E-state index is 0.0580. The molecule has 1 unspecified atom stereocenters. The average Bonchev–Trinajstić information content (AvgIpc) is 2.99. The molecule has 11 heteroatoms. The third-order valence-corrected chi connectivity index (χ3v) is 4.63. The summed E-state index contributed by atoms with van der Waals surface area (Å²) in [5.41, 5.74) is -0.345. The van der Waals surface area contributed by atoms with Crippen LogP contribution >= 0.6 is 11.6 Å². The summed E-state index contributed by atoms with van der Waals surface area (Å²) in [6.45, 7) is 2.18. The largest absolute Gasteiger partial charge is 0.496 e. The van der Waals surface area contributed by atoms with Crippen molar-refractivity contribution in [3.63, 3.8) is 0 Å². The van der Waals surface area contributed by atoms with Gasteiger partial charge in [0.15, 0.2) is 17.6 Å². The fourth-order valence-electron chi connectivity index (χ4n) is 2.76. The second-order valence-corrected chi connectivity index (χ2v) is 6.92. The second-order valence-electron chi connectivity index (χ2n) is 6.51. The van der Waals surface area contributed by atoms with Gasteiger partial charge in [0.1, 0.15) is 11.4 Å². The van der Waals surface area contributed by atoms with Crippen LogP contribution in [0.25, 0.3) is 0 Å². The summed E-state index contributed by atoms with van der Waals surface area (Å²) in [5, 5.41) is 13.8. The van der Waals surface area contributed by atoms with Crippen LogP contribution in [0.5, 0.6) is 17.2 Å². The third kappa shape index (κ3) is 5.15. The molecule has 0 aromatic heterocycles. The molecule has 0 fully saturated rings. The maximum Gasteiger partial charge on any atom is 0.339 e. The molecule has 10 nitrogen and oxygen atoms in total. The molecule has 2 aromatic rings. The van der Waals surface area contributed by atoms with E-state index in [0.29, 0.717) is 31.1 Å². The Morgan fingerprint density at radius 2 is 1.97 bits per heavy atom. The Balaban J connectivity index is 1.72. The van der Waals surface area contributed by atoms with Gasteiger partial charge in [-0.15, -0.1) is 0 Å². The minimum Gasteiger partial charge on any atom is -0.496 e. The number of nitrogens with zero attached hydrogens (tertiary/aromatic N) is 1. The molecule has 1 aliphatic rings. The van der Waals surface area contributed by atoms with E-state index in [4.69, 9.17) is 30.5 Å². The number of hydrogen-bond donors (Lipinski definition) is 1. The molecule has 0 saturated carbocycles. The Kier molecular flexibility index (Phi) is 6.81. The van der Waals surface area contributed by atoms with Gasteiger partial charge in [-0.3, -0.25) is 14.9 Å².